The van der Waals surface area contributed by atoms with E-state index in [2.05, 4.69) is 48.7 Å². The van der Waals surface area contributed by atoms with Crippen molar-refractivity contribution in [1.82, 2.24) is 10.6 Å². The predicted molar refractivity (Wildman–Crippen MR) is 77.9 cm³/mol. The molecule has 0 aliphatic carbocycles. The molecule has 104 valence electrons. The summed E-state index contributed by atoms with van der Waals surface area (Å²) in [5.41, 5.74) is 2.45. The highest BCUT2D eigenvalue weighted by Crippen LogP contribution is 2.19. The van der Waals surface area contributed by atoms with Crippen molar-refractivity contribution < 1.29 is 4.79 Å². The Bertz CT molecular complexity index is 407. The first kappa shape index (κ1) is 14.1. The Morgan fingerprint density at radius 2 is 2.16 bits per heavy atom. The maximum atomic E-state index is 12.3. The molecule has 0 aromatic heterocycles. The SMILES string of the molecule is CCC(NC(=O)[C@H]1CCCNC1)c1ccc(C)cc1. The van der Waals surface area contributed by atoms with Gasteiger partial charge in [-0.25, -0.2) is 0 Å². The van der Waals surface area contributed by atoms with Crippen molar-refractivity contribution in [2.75, 3.05) is 13.1 Å². The monoisotopic (exact) mass is 260 g/mol. The van der Waals surface area contributed by atoms with Gasteiger partial charge in [-0.15, -0.1) is 0 Å². The topological polar surface area (TPSA) is 41.1 Å². The molecule has 0 radical (unpaired) electrons. The summed E-state index contributed by atoms with van der Waals surface area (Å²) in [5.74, 6) is 0.327. The number of carbonyl (C=O) groups is 1. The van der Waals surface area contributed by atoms with Crippen LogP contribution < -0.4 is 10.6 Å². The van der Waals surface area contributed by atoms with Crippen molar-refractivity contribution in [2.45, 2.75) is 39.2 Å². The van der Waals surface area contributed by atoms with E-state index in [1.807, 2.05) is 0 Å². The van der Waals surface area contributed by atoms with E-state index in [-0.39, 0.29) is 17.9 Å². The summed E-state index contributed by atoms with van der Waals surface area (Å²) in [4.78, 5) is 12.3. The van der Waals surface area contributed by atoms with Gasteiger partial charge in [0.05, 0.1) is 12.0 Å². The maximum absolute atomic E-state index is 12.3. The summed E-state index contributed by atoms with van der Waals surface area (Å²) in [6.45, 7) is 6.05. The number of benzene rings is 1. The molecule has 1 heterocycles. The van der Waals surface area contributed by atoms with E-state index in [9.17, 15) is 4.79 Å². The first-order valence-corrected chi connectivity index (χ1v) is 7.28. The molecule has 1 unspecified atom stereocenters. The minimum Gasteiger partial charge on any atom is -0.349 e. The van der Waals surface area contributed by atoms with Crippen molar-refractivity contribution in [2.24, 2.45) is 5.92 Å². The van der Waals surface area contributed by atoms with Crippen LogP contribution in [0.2, 0.25) is 0 Å². The minimum atomic E-state index is 0.133. The second-order valence-electron chi connectivity index (χ2n) is 5.42. The molecule has 1 aliphatic rings. The number of hydrogen-bond acceptors (Lipinski definition) is 2. The molecular formula is C16H24N2O. The van der Waals surface area contributed by atoms with Crippen molar-refractivity contribution >= 4 is 5.91 Å². The van der Waals surface area contributed by atoms with Crippen molar-refractivity contribution in [1.29, 1.82) is 0 Å². The molecule has 0 spiro atoms. The highest BCUT2D eigenvalue weighted by molar-refractivity contribution is 5.79. The van der Waals surface area contributed by atoms with Crippen LogP contribution in [-0.2, 0) is 4.79 Å². The molecule has 1 saturated heterocycles. The fraction of sp³-hybridized carbons (Fsp3) is 0.562. The largest absolute Gasteiger partial charge is 0.349 e. The van der Waals surface area contributed by atoms with Gasteiger partial charge in [-0.3, -0.25) is 4.79 Å². The second kappa shape index (κ2) is 6.71. The van der Waals surface area contributed by atoms with Gasteiger partial charge in [-0.05, 0) is 38.3 Å². The lowest BCUT2D eigenvalue weighted by molar-refractivity contribution is -0.126. The molecule has 3 nitrogen and oxygen atoms in total. The van der Waals surface area contributed by atoms with Crippen LogP contribution in [0.4, 0.5) is 0 Å². The number of piperidine rings is 1. The minimum absolute atomic E-state index is 0.133. The molecule has 0 bridgehead atoms. The van der Waals surface area contributed by atoms with E-state index >= 15 is 0 Å². The maximum Gasteiger partial charge on any atom is 0.224 e. The Hall–Kier alpha value is -1.35. The zero-order chi connectivity index (χ0) is 13.7. The molecule has 1 amide bonds. The number of carbonyl (C=O) groups excluding carboxylic acids is 1. The van der Waals surface area contributed by atoms with Crippen LogP contribution in [0.1, 0.15) is 43.4 Å². The van der Waals surface area contributed by atoms with Gasteiger partial charge in [0.1, 0.15) is 0 Å². The molecule has 1 aromatic carbocycles. The average Bonchev–Trinajstić information content (AvgIpc) is 2.46. The van der Waals surface area contributed by atoms with E-state index in [1.165, 1.54) is 11.1 Å². The molecule has 1 aliphatic heterocycles. The standard InChI is InChI=1S/C16H24N2O/c1-3-15(13-8-6-12(2)7-9-13)18-16(19)14-5-4-10-17-11-14/h6-9,14-15,17H,3-5,10-11H2,1-2H3,(H,18,19)/t14-,15?/m0/s1. The average molecular weight is 260 g/mol. The molecule has 0 saturated carbocycles. The normalized spacial score (nSPS) is 20.8. The van der Waals surface area contributed by atoms with Gasteiger partial charge in [0.15, 0.2) is 0 Å². The second-order valence-corrected chi connectivity index (χ2v) is 5.42. The van der Waals surface area contributed by atoms with Crippen molar-refractivity contribution in [3.8, 4) is 0 Å². The zero-order valence-corrected chi connectivity index (χ0v) is 11.9. The van der Waals surface area contributed by atoms with E-state index in [0.717, 1.165) is 32.4 Å². The Morgan fingerprint density at radius 1 is 1.42 bits per heavy atom. The Balaban J connectivity index is 1.98. The summed E-state index contributed by atoms with van der Waals surface area (Å²) in [5, 5.41) is 6.49. The highest BCUT2D eigenvalue weighted by atomic mass is 16.2. The van der Waals surface area contributed by atoms with Crippen LogP contribution in [-0.4, -0.2) is 19.0 Å². The van der Waals surface area contributed by atoms with Gasteiger partial charge in [0.2, 0.25) is 5.91 Å². The van der Waals surface area contributed by atoms with E-state index < -0.39 is 0 Å². The fourth-order valence-electron chi connectivity index (χ4n) is 2.59. The van der Waals surface area contributed by atoms with Gasteiger partial charge < -0.3 is 10.6 Å². The summed E-state index contributed by atoms with van der Waals surface area (Å²) in [6, 6.07) is 8.57. The fourth-order valence-corrected chi connectivity index (χ4v) is 2.59. The Morgan fingerprint density at radius 3 is 2.74 bits per heavy atom. The quantitative estimate of drug-likeness (QED) is 0.873. The van der Waals surface area contributed by atoms with E-state index in [1.54, 1.807) is 0 Å². The molecule has 2 rings (SSSR count). The number of nitrogens with one attached hydrogen (secondary N) is 2. The van der Waals surface area contributed by atoms with Gasteiger partial charge in [0, 0.05) is 6.54 Å². The van der Waals surface area contributed by atoms with Crippen LogP contribution in [0.3, 0.4) is 0 Å². The smallest absolute Gasteiger partial charge is 0.224 e. The number of aryl methyl sites for hydroxylation is 1. The van der Waals surface area contributed by atoms with Crippen molar-refractivity contribution in [3.05, 3.63) is 35.4 Å². The Labute approximate surface area is 115 Å². The van der Waals surface area contributed by atoms with Crippen LogP contribution in [0.15, 0.2) is 24.3 Å². The van der Waals surface area contributed by atoms with Gasteiger partial charge in [-0.1, -0.05) is 36.8 Å². The Kier molecular flexibility index (Phi) is 4.97. The van der Waals surface area contributed by atoms with Crippen molar-refractivity contribution in [3.63, 3.8) is 0 Å². The molecule has 2 N–H and O–H groups in total. The molecule has 3 heteroatoms. The van der Waals surface area contributed by atoms with E-state index in [0.29, 0.717) is 0 Å². The first-order valence-electron chi connectivity index (χ1n) is 7.28. The number of amides is 1. The van der Waals surface area contributed by atoms with Crippen LogP contribution in [0.25, 0.3) is 0 Å². The molecule has 19 heavy (non-hydrogen) atoms. The van der Waals surface area contributed by atoms with Crippen LogP contribution in [0, 0.1) is 12.8 Å². The third-order valence-corrected chi connectivity index (χ3v) is 3.87. The lowest BCUT2D eigenvalue weighted by Gasteiger charge is -2.25. The molecule has 1 fully saturated rings. The molecule has 1 aromatic rings. The summed E-state index contributed by atoms with van der Waals surface area (Å²) in [6.07, 6.45) is 3.03. The third-order valence-electron chi connectivity index (χ3n) is 3.87. The third kappa shape index (κ3) is 3.80. The number of hydrogen-bond donors (Lipinski definition) is 2. The van der Waals surface area contributed by atoms with Gasteiger partial charge in [0.25, 0.3) is 0 Å². The lowest BCUT2D eigenvalue weighted by Crippen LogP contribution is -2.41. The summed E-state index contributed by atoms with van der Waals surface area (Å²) >= 11 is 0. The predicted octanol–water partition coefficient (Wildman–Crippen LogP) is 2.56. The highest BCUT2D eigenvalue weighted by Gasteiger charge is 2.23. The lowest BCUT2D eigenvalue weighted by atomic mass is 9.97. The molecule has 2 atom stereocenters. The van der Waals surface area contributed by atoms with Crippen LogP contribution >= 0.6 is 0 Å². The van der Waals surface area contributed by atoms with E-state index in [4.69, 9.17) is 0 Å². The molecular weight excluding hydrogens is 236 g/mol. The zero-order valence-electron chi connectivity index (χ0n) is 11.9. The van der Waals surface area contributed by atoms with Crippen LogP contribution in [0.5, 0.6) is 0 Å². The number of rotatable bonds is 4. The van der Waals surface area contributed by atoms with Gasteiger partial charge in [-0.2, -0.15) is 0 Å². The van der Waals surface area contributed by atoms with Gasteiger partial charge >= 0.3 is 0 Å². The summed E-state index contributed by atoms with van der Waals surface area (Å²) < 4.78 is 0. The first-order chi connectivity index (χ1) is 9.20. The summed E-state index contributed by atoms with van der Waals surface area (Å²) in [7, 11) is 0.